The quantitative estimate of drug-likeness (QED) is 0.241. The van der Waals surface area contributed by atoms with Crippen LogP contribution in [-0.2, 0) is 13.7 Å². The molecule has 3 nitrogen and oxygen atoms in total. The highest BCUT2D eigenvalue weighted by Gasteiger charge is 2.61. The standard InChI is InChI=1S/C29H19Cl3N2OS2/c1-18(35)27-33-34(24-6-4-5-23(32)17-24)29(36-27)26-8-3-2-7-25(26)28(37-29,19-9-13-21(30)14-10-19)20-11-15-22(31)16-12-20/h2-17H,1H3. The topological polar surface area (TPSA) is 32.7 Å². The third-order valence-corrected chi connectivity index (χ3v) is 10.6. The van der Waals surface area contributed by atoms with E-state index in [0.717, 1.165) is 27.9 Å². The van der Waals surface area contributed by atoms with E-state index >= 15 is 0 Å². The fraction of sp³-hybridized carbons (Fsp3) is 0.103. The van der Waals surface area contributed by atoms with Gasteiger partial charge in [0.25, 0.3) is 0 Å². The summed E-state index contributed by atoms with van der Waals surface area (Å²) in [5.41, 5.74) is 5.12. The first-order valence-electron chi connectivity index (χ1n) is 11.5. The molecule has 2 heterocycles. The molecule has 1 atom stereocenters. The number of rotatable bonds is 4. The van der Waals surface area contributed by atoms with Crippen molar-refractivity contribution in [3.05, 3.63) is 134 Å². The van der Waals surface area contributed by atoms with E-state index in [-0.39, 0.29) is 5.78 Å². The first-order valence-corrected chi connectivity index (χ1v) is 14.3. The maximum absolute atomic E-state index is 12.7. The van der Waals surface area contributed by atoms with Gasteiger partial charge in [0.2, 0.25) is 0 Å². The number of carbonyl (C=O) groups is 1. The van der Waals surface area contributed by atoms with Gasteiger partial charge in [0.15, 0.2) is 15.0 Å². The van der Waals surface area contributed by atoms with Crippen molar-refractivity contribution in [2.24, 2.45) is 5.10 Å². The fourth-order valence-corrected chi connectivity index (χ4v) is 8.91. The van der Waals surface area contributed by atoms with Gasteiger partial charge in [-0.2, -0.15) is 5.10 Å². The van der Waals surface area contributed by atoms with Gasteiger partial charge >= 0.3 is 0 Å². The SMILES string of the molecule is CC(=O)C1=NN(c2cccc(Cl)c2)C2(S1)SC(c1ccc(Cl)cc1)(c1ccc(Cl)cc1)c1ccccc12. The van der Waals surface area contributed by atoms with Gasteiger partial charge in [-0.15, -0.1) is 0 Å². The third kappa shape index (κ3) is 4.00. The van der Waals surface area contributed by atoms with Crippen LogP contribution in [0.2, 0.25) is 15.1 Å². The molecule has 0 aliphatic carbocycles. The summed E-state index contributed by atoms with van der Waals surface area (Å²) in [6, 6.07) is 31.9. The number of nitrogens with zero attached hydrogens (tertiary/aromatic N) is 2. The lowest BCUT2D eigenvalue weighted by atomic mass is 9.82. The molecule has 6 rings (SSSR count). The Balaban J connectivity index is 1.65. The van der Waals surface area contributed by atoms with Crippen LogP contribution < -0.4 is 5.01 Å². The van der Waals surface area contributed by atoms with E-state index in [0.29, 0.717) is 20.1 Å². The molecule has 0 saturated heterocycles. The van der Waals surface area contributed by atoms with E-state index in [9.17, 15) is 4.79 Å². The highest BCUT2D eigenvalue weighted by Crippen LogP contribution is 2.71. The lowest BCUT2D eigenvalue weighted by molar-refractivity contribution is -0.110. The summed E-state index contributed by atoms with van der Waals surface area (Å²) in [7, 11) is 0. The van der Waals surface area contributed by atoms with Crippen LogP contribution in [0.15, 0.2) is 102 Å². The first-order chi connectivity index (χ1) is 17.8. The molecule has 0 bridgehead atoms. The molecule has 0 saturated carbocycles. The molecule has 0 aromatic heterocycles. The monoisotopic (exact) mass is 580 g/mol. The van der Waals surface area contributed by atoms with Gasteiger partial charge in [-0.25, -0.2) is 5.01 Å². The largest absolute Gasteiger partial charge is 0.292 e. The average Bonchev–Trinajstić information content (AvgIpc) is 3.43. The van der Waals surface area contributed by atoms with Crippen molar-refractivity contribution < 1.29 is 4.79 Å². The highest BCUT2D eigenvalue weighted by atomic mass is 35.5. The molecule has 0 fully saturated rings. The Hall–Kier alpha value is -2.41. The number of anilines is 1. The van der Waals surface area contributed by atoms with Crippen molar-refractivity contribution in [3.8, 4) is 0 Å². The van der Waals surface area contributed by atoms with Crippen molar-refractivity contribution in [2.45, 2.75) is 15.9 Å². The Kier molecular flexibility index (Phi) is 6.33. The van der Waals surface area contributed by atoms with Gasteiger partial charge in [-0.3, -0.25) is 4.79 Å². The minimum absolute atomic E-state index is 0.0810. The van der Waals surface area contributed by atoms with Gasteiger partial charge < -0.3 is 0 Å². The Morgan fingerprint density at radius 1 is 0.757 bits per heavy atom. The second-order valence-corrected chi connectivity index (χ2v) is 12.9. The smallest absolute Gasteiger partial charge is 0.187 e. The summed E-state index contributed by atoms with van der Waals surface area (Å²) < 4.78 is -1.39. The Morgan fingerprint density at radius 3 is 1.92 bits per heavy atom. The summed E-state index contributed by atoms with van der Waals surface area (Å²) in [5.74, 6) is -0.0810. The molecule has 2 aliphatic rings. The van der Waals surface area contributed by atoms with Crippen molar-refractivity contribution in [1.29, 1.82) is 0 Å². The zero-order valence-corrected chi connectivity index (χ0v) is 23.4. The molecule has 0 amide bonds. The van der Waals surface area contributed by atoms with Gasteiger partial charge in [0.1, 0.15) is 0 Å². The van der Waals surface area contributed by atoms with Gasteiger partial charge in [0, 0.05) is 27.6 Å². The van der Waals surface area contributed by atoms with Crippen LogP contribution >= 0.6 is 58.3 Å². The zero-order valence-electron chi connectivity index (χ0n) is 19.5. The summed E-state index contributed by atoms with van der Waals surface area (Å²) in [4.78, 5) is 12.7. The molecule has 0 N–H and O–H groups in total. The lowest BCUT2D eigenvalue weighted by Gasteiger charge is -2.37. The third-order valence-electron chi connectivity index (χ3n) is 6.50. The molecular formula is C29H19Cl3N2OS2. The van der Waals surface area contributed by atoms with E-state index in [1.54, 1.807) is 18.7 Å². The Bertz CT molecular complexity index is 1510. The van der Waals surface area contributed by atoms with Crippen LogP contribution in [0.1, 0.15) is 29.2 Å². The van der Waals surface area contributed by atoms with Crippen molar-refractivity contribution in [2.75, 3.05) is 5.01 Å². The predicted molar refractivity (Wildman–Crippen MR) is 158 cm³/mol. The number of halogens is 3. The van der Waals surface area contributed by atoms with Crippen LogP contribution in [0.25, 0.3) is 0 Å². The molecular weight excluding hydrogens is 563 g/mol. The number of hydrazone groups is 1. The van der Waals surface area contributed by atoms with Gasteiger partial charge in [-0.1, -0.05) is 113 Å². The molecule has 4 aromatic rings. The highest BCUT2D eigenvalue weighted by molar-refractivity contribution is 8.27. The number of hydrogen-bond donors (Lipinski definition) is 0. The number of Topliss-reactive ketones (excluding diaryl/α,β-unsaturated/α-hetero) is 1. The van der Waals surface area contributed by atoms with Crippen molar-refractivity contribution in [1.82, 2.24) is 0 Å². The van der Waals surface area contributed by atoms with Crippen LogP contribution in [0.4, 0.5) is 5.69 Å². The van der Waals surface area contributed by atoms with Crippen LogP contribution in [0.5, 0.6) is 0 Å². The molecule has 1 spiro atoms. The summed E-state index contributed by atoms with van der Waals surface area (Å²) in [6.07, 6.45) is 0. The summed E-state index contributed by atoms with van der Waals surface area (Å²) in [5, 5.41) is 9.18. The van der Waals surface area contributed by atoms with Crippen LogP contribution in [0.3, 0.4) is 0 Å². The van der Waals surface area contributed by atoms with Crippen molar-refractivity contribution >= 4 is 74.8 Å². The maximum Gasteiger partial charge on any atom is 0.187 e. The minimum atomic E-state index is -0.762. The van der Waals surface area contributed by atoms with Crippen LogP contribution in [0, 0.1) is 0 Å². The first kappa shape index (κ1) is 24.9. The van der Waals surface area contributed by atoms with E-state index in [1.165, 1.54) is 11.8 Å². The molecule has 2 aliphatic heterocycles. The van der Waals surface area contributed by atoms with Gasteiger partial charge in [0.05, 0.1) is 10.4 Å². The van der Waals surface area contributed by atoms with E-state index in [1.807, 2.05) is 59.6 Å². The van der Waals surface area contributed by atoms with E-state index < -0.39 is 8.95 Å². The molecule has 0 radical (unpaired) electrons. The maximum atomic E-state index is 12.7. The number of fused-ring (bicyclic) bond motifs is 2. The number of benzene rings is 4. The average molecular weight is 582 g/mol. The van der Waals surface area contributed by atoms with Gasteiger partial charge in [-0.05, 0) is 59.2 Å². The second kappa shape index (κ2) is 9.40. The Labute approximate surface area is 238 Å². The summed E-state index contributed by atoms with van der Waals surface area (Å²) >= 11 is 22.3. The molecule has 4 aromatic carbocycles. The van der Waals surface area contributed by atoms with E-state index in [2.05, 4.69) is 42.5 Å². The lowest BCUT2D eigenvalue weighted by Crippen LogP contribution is -2.34. The number of hydrogen-bond acceptors (Lipinski definition) is 5. The molecule has 1 unspecified atom stereocenters. The Morgan fingerprint density at radius 2 is 1.35 bits per heavy atom. The number of carbonyl (C=O) groups excluding carboxylic acids is 1. The van der Waals surface area contributed by atoms with E-state index in [4.69, 9.17) is 39.9 Å². The molecule has 37 heavy (non-hydrogen) atoms. The zero-order chi connectivity index (χ0) is 25.8. The second-order valence-electron chi connectivity index (χ2n) is 8.78. The normalized spacial score (nSPS) is 19.7. The predicted octanol–water partition coefficient (Wildman–Crippen LogP) is 8.95. The van der Waals surface area contributed by atoms with Crippen molar-refractivity contribution in [3.63, 3.8) is 0 Å². The molecule has 184 valence electrons. The minimum Gasteiger partial charge on any atom is -0.292 e. The number of ketones is 1. The van der Waals surface area contributed by atoms with Crippen LogP contribution in [-0.4, -0.2) is 10.8 Å². The fourth-order valence-electron chi connectivity index (χ4n) is 4.91. The summed E-state index contributed by atoms with van der Waals surface area (Å²) in [6.45, 7) is 1.55. The molecule has 8 heteroatoms. The number of thioether (sulfide) groups is 2.